The average molecular weight is 839 g/mol. The Bertz CT molecular complexity index is 2610. The molecule has 0 aliphatic carbocycles. The van der Waals surface area contributed by atoms with Gasteiger partial charge in [0.25, 0.3) is 5.91 Å². The highest BCUT2D eigenvalue weighted by atomic mass is 19.1. The van der Waals surface area contributed by atoms with E-state index in [0.717, 1.165) is 92.5 Å². The molecule has 3 N–H and O–H groups in total. The van der Waals surface area contributed by atoms with E-state index in [1.54, 1.807) is 6.92 Å². The van der Waals surface area contributed by atoms with Crippen LogP contribution < -0.4 is 15.0 Å². The van der Waals surface area contributed by atoms with Crippen LogP contribution in [0.2, 0.25) is 0 Å². The highest BCUT2D eigenvalue weighted by molar-refractivity contribution is 6.06. The Hall–Kier alpha value is -6.24. The molecular weight excluding hydrogens is 787 g/mol. The Kier molecular flexibility index (Phi) is 12.3. The van der Waals surface area contributed by atoms with Gasteiger partial charge in [0.15, 0.2) is 0 Å². The van der Waals surface area contributed by atoms with Gasteiger partial charge in [-0.05, 0) is 143 Å². The fourth-order valence-corrected chi connectivity index (χ4v) is 8.36. The van der Waals surface area contributed by atoms with E-state index in [9.17, 15) is 19.1 Å². The van der Waals surface area contributed by atoms with E-state index < -0.39 is 23.1 Å². The number of nitrogens with zero attached hydrogens (tertiary/aromatic N) is 4. The van der Waals surface area contributed by atoms with Gasteiger partial charge in [-0.2, -0.15) is 0 Å². The standard InChI is InChI=1S/C50H52F2N6O4/c1-31-18-24-58(46(59)25-31)37-13-15-38(16-14-37)62-39-19-22-57(23-20-39)21-6-5-7-33-8-10-34(11-9-33)45-29-42-47(53-30-54-48(42)55-45)41-27-36(51)28-44(32(41)2)56-49(60)40-17-12-35(26-43(40)52)50(3,4)61/h8-17,26-30,39,61H,1,5-7,18-25H2,2-4H3,(H,56,60)(H,53,54,55). The molecule has 6 aromatic rings. The van der Waals surface area contributed by atoms with Crippen molar-refractivity contribution >= 4 is 34.2 Å². The van der Waals surface area contributed by atoms with Gasteiger partial charge in [0.2, 0.25) is 5.91 Å². The van der Waals surface area contributed by atoms with Crippen LogP contribution in [0.3, 0.4) is 0 Å². The third-order valence-electron chi connectivity index (χ3n) is 12.1. The normalized spacial score (nSPS) is 15.4. The molecule has 0 spiro atoms. The smallest absolute Gasteiger partial charge is 0.258 e. The van der Waals surface area contributed by atoms with E-state index in [1.165, 1.54) is 50.0 Å². The number of fused-ring (bicyclic) bond motifs is 1. The number of hydrogen-bond donors (Lipinski definition) is 3. The number of amides is 2. The zero-order chi connectivity index (χ0) is 43.5. The first kappa shape index (κ1) is 42.5. The topological polar surface area (TPSA) is 124 Å². The summed E-state index contributed by atoms with van der Waals surface area (Å²) in [6.07, 6.45) is 8.02. The van der Waals surface area contributed by atoms with Crippen molar-refractivity contribution in [3.05, 3.63) is 137 Å². The fourth-order valence-electron chi connectivity index (χ4n) is 8.36. The number of benzene rings is 4. The lowest BCUT2D eigenvalue weighted by Crippen LogP contribution is -2.38. The molecule has 0 atom stereocenters. The van der Waals surface area contributed by atoms with Crippen molar-refractivity contribution in [2.75, 3.05) is 36.4 Å². The summed E-state index contributed by atoms with van der Waals surface area (Å²) in [6.45, 7) is 12.5. The lowest BCUT2D eigenvalue weighted by Gasteiger charge is -2.32. The van der Waals surface area contributed by atoms with Gasteiger partial charge < -0.3 is 29.9 Å². The predicted molar refractivity (Wildman–Crippen MR) is 239 cm³/mol. The maximum absolute atomic E-state index is 15.2. The van der Waals surface area contributed by atoms with Gasteiger partial charge in [0, 0.05) is 54.1 Å². The molecule has 0 radical (unpaired) electrons. The Labute approximate surface area is 360 Å². The summed E-state index contributed by atoms with van der Waals surface area (Å²) in [5.74, 6) is -1.18. The zero-order valence-electron chi connectivity index (χ0n) is 35.4. The van der Waals surface area contributed by atoms with Crippen LogP contribution in [0, 0.1) is 18.6 Å². The number of H-pyrrole nitrogens is 1. The molecule has 2 aliphatic rings. The molecule has 320 valence electrons. The van der Waals surface area contributed by atoms with E-state index in [-0.39, 0.29) is 23.3 Å². The van der Waals surface area contributed by atoms with Gasteiger partial charge in [-0.15, -0.1) is 0 Å². The second-order valence-corrected chi connectivity index (χ2v) is 17.0. The van der Waals surface area contributed by atoms with Crippen molar-refractivity contribution in [3.63, 3.8) is 0 Å². The number of carbonyl (C=O) groups excluding carboxylic acids is 2. The predicted octanol–water partition coefficient (Wildman–Crippen LogP) is 9.91. The van der Waals surface area contributed by atoms with Gasteiger partial charge in [-0.25, -0.2) is 18.7 Å². The molecule has 0 saturated carbocycles. The molecule has 8 rings (SSSR count). The molecule has 2 amide bonds. The fraction of sp³-hybridized carbons (Fsp3) is 0.320. The van der Waals surface area contributed by atoms with Crippen LogP contribution in [0.25, 0.3) is 33.5 Å². The number of aromatic amines is 1. The molecule has 4 heterocycles. The minimum absolute atomic E-state index is 0.103. The number of piperidine rings is 2. The van der Waals surface area contributed by atoms with Gasteiger partial charge in [-0.1, -0.05) is 42.5 Å². The summed E-state index contributed by atoms with van der Waals surface area (Å²) in [7, 11) is 0. The zero-order valence-corrected chi connectivity index (χ0v) is 35.4. The number of aryl methyl sites for hydroxylation is 1. The van der Waals surface area contributed by atoms with Crippen LogP contribution in [-0.4, -0.2) is 69.1 Å². The largest absolute Gasteiger partial charge is 0.490 e. The first-order valence-corrected chi connectivity index (χ1v) is 21.3. The average Bonchev–Trinajstić information content (AvgIpc) is 3.69. The van der Waals surface area contributed by atoms with Crippen molar-refractivity contribution in [2.45, 2.75) is 77.4 Å². The molecule has 4 aromatic carbocycles. The number of anilines is 2. The number of rotatable bonds is 13. The summed E-state index contributed by atoms with van der Waals surface area (Å²) < 4.78 is 36.4. The summed E-state index contributed by atoms with van der Waals surface area (Å²) in [5.41, 5.74) is 6.08. The lowest BCUT2D eigenvalue weighted by molar-refractivity contribution is -0.118. The Balaban J connectivity index is 0.833. The Morgan fingerprint density at radius 3 is 2.44 bits per heavy atom. The van der Waals surface area contributed by atoms with Crippen molar-refractivity contribution in [3.8, 4) is 28.3 Å². The van der Waals surface area contributed by atoms with E-state index in [2.05, 4.69) is 56.0 Å². The number of carbonyl (C=O) groups is 2. The lowest BCUT2D eigenvalue weighted by atomic mass is 9.96. The second-order valence-electron chi connectivity index (χ2n) is 17.0. The van der Waals surface area contributed by atoms with Crippen LogP contribution in [0.15, 0.2) is 103 Å². The van der Waals surface area contributed by atoms with Crippen molar-refractivity contribution in [1.82, 2.24) is 19.9 Å². The number of nitrogens with one attached hydrogen (secondary N) is 2. The molecule has 0 unspecified atom stereocenters. The molecule has 2 aromatic heterocycles. The number of likely N-dealkylation sites (tertiary alicyclic amines) is 1. The van der Waals surface area contributed by atoms with Crippen molar-refractivity contribution in [1.29, 1.82) is 0 Å². The summed E-state index contributed by atoms with van der Waals surface area (Å²) in [5, 5.41) is 13.6. The molecule has 10 nitrogen and oxygen atoms in total. The van der Waals surface area contributed by atoms with E-state index in [0.29, 0.717) is 46.4 Å². The first-order chi connectivity index (χ1) is 29.8. The van der Waals surface area contributed by atoms with E-state index in [4.69, 9.17) is 4.74 Å². The number of aromatic nitrogens is 3. The highest BCUT2D eigenvalue weighted by Gasteiger charge is 2.25. The van der Waals surface area contributed by atoms with E-state index >= 15 is 4.39 Å². The van der Waals surface area contributed by atoms with Crippen molar-refractivity contribution in [2.24, 2.45) is 0 Å². The van der Waals surface area contributed by atoms with Gasteiger partial charge in [0.1, 0.15) is 35.5 Å². The minimum atomic E-state index is -1.28. The minimum Gasteiger partial charge on any atom is -0.490 e. The monoisotopic (exact) mass is 838 g/mol. The van der Waals surface area contributed by atoms with Gasteiger partial charge in [-0.3, -0.25) is 9.59 Å². The molecule has 0 bridgehead atoms. The number of ether oxygens (including phenoxy) is 1. The van der Waals surface area contributed by atoms with Gasteiger partial charge in [0.05, 0.1) is 16.9 Å². The molecular formula is C50H52F2N6O4. The van der Waals surface area contributed by atoms with Crippen LogP contribution in [0.1, 0.15) is 79.4 Å². The molecule has 12 heteroatoms. The summed E-state index contributed by atoms with van der Waals surface area (Å²) >= 11 is 0. The highest BCUT2D eigenvalue weighted by Crippen LogP contribution is 2.35. The number of hydrogen-bond acceptors (Lipinski definition) is 7. The van der Waals surface area contributed by atoms with Crippen LogP contribution in [0.4, 0.5) is 20.2 Å². The molecule has 2 saturated heterocycles. The maximum Gasteiger partial charge on any atom is 0.258 e. The summed E-state index contributed by atoms with van der Waals surface area (Å²) in [4.78, 5) is 42.3. The maximum atomic E-state index is 15.2. The van der Waals surface area contributed by atoms with Crippen molar-refractivity contribution < 1.29 is 28.2 Å². The molecule has 2 aliphatic heterocycles. The van der Waals surface area contributed by atoms with Crippen LogP contribution in [0.5, 0.6) is 5.75 Å². The van der Waals surface area contributed by atoms with Crippen LogP contribution in [-0.2, 0) is 16.8 Å². The van der Waals surface area contributed by atoms with Crippen LogP contribution >= 0.6 is 0 Å². The number of unbranched alkanes of at least 4 members (excludes halogenated alkanes) is 1. The molecule has 62 heavy (non-hydrogen) atoms. The number of halogens is 2. The Morgan fingerprint density at radius 2 is 1.73 bits per heavy atom. The SMILES string of the molecule is C=C1CCN(c2ccc(OC3CCN(CCCCc4ccc(-c5cc6c(-c7cc(F)cc(NC(=O)c8ccc(C(C)(C)O)cc8F)c7C)ncnc6[nH]5)cc4)CC3)cc2)C(=O)C1. The van der Waals surface area contributed by atoms with E-state index in [1.807, 2.05) is 35.2 Å². The number of aliphatic hydroxyl groups is 1. The third-order valence-corrected chi connectivity index (χ3v) is 12.1. The third kappa shape index (κ3) is 9.61. The molecule has 2 fully saturated rings. The Morgan fingerprint density at radius 1 is 0.968 bits per heavy atom. The summed E-state index contributed by atoms with van der Waals surface area (Å²) in [6, 6.07) is 24.8. The quantitative estimate of drug-likeness (QED) is 0.0782. The second kappa shape index (κ2) is 18.0. The van der Waals surface area contributed by atoms with Gasteiger partial charge >= 0.3 is 0 Å². The first-order valence-electron chi connectivity index (χ1n) is 21.3.